The highest BCUT2D eigenvalue weighted by molar-refractivity contribution is 14.0. The molecule has 0 saturated carbocycles. The lowest BCUT2D eigenvalue weighted by Gasteiger charge is -2.28. The van der Waals surface area contributed by atoms with E-state index in [2.05, 4.69) is 32.2 Å². The second-order valence-electron chi connectivity index (χ2n) is 7.53. The van der Waals surface area contributed by atoms with Gasteiger partial charge in [-0.15, -0.1) is 24.0 Å². The Bertz CT molecular complexity index is 614. The summed E-state index contributed by atoms with van der Waals surface area (Å²) < 4.78 is 28.8. The minimum absolute atomic E-state index is 0. The summed E-state index contributed by atoms with van der Waals surface area (Å²) in [5, 5.41) is 16.7. The molecule has 3 N–H and O–H groups in total. The molecule has 0 aliphatic carbocycles. The van der Waals surface area contributed by atoms with Crippen molar-refractivity contribution in [3.05, 3.63) is 29.8 Å². The standard InChI is InChI=1S/C21H34F2N4O2.HI/c1-3-24-21(25-13-16(2)15-27-11-5-4-6-12-27)26-14-19(28)17-7-9-18(10-8-17)29-20(22)23;/h7-10,16,19-20,28H,3-6,11-15H2,1-2H3,(H2,24,25,26);1H. The van der Waals surface area contributed by atoms with E-state index in [4.69, 9.17) is 0 Å². The van der Waals surface area contributed by atoms with Gasteiger partial charge in [0.15, 0.2) is 5.96 Å². The van der Waals surface area contributed by atoms with Gasteiger partial charge in [-0.05, 0) is 56.5 Å². The van der Waals surface area contributed by atoms with E-state index in [0.29, 0.717) is 24.0 Å². The fourth-order valence-corrected chi connectivity index (χ4v) is 3.41. The molecule has 30 heavy (non-hydrogen) atoms. The van der Waals surface area contributed by atoms with Crippen LogP contribution in [0, 0.1) is 5.92 Å². The first-order valence-corrected chi connectivity index (χ1v) is 10.4. The minimum atomic E-state index is -2.86. The van der Waals surface area contributed by atoms with Crippen LogP contribution in [0.5, 0.6) is 5.75 Å². The van der Waals surface area contributed by atoms with Crippen molar-refractivity contribution >= 4 is 29.9 Å². The molecule has 1 saturated heterocycles. The molecule has 6 nitrogen and oxygen atoms in total. The average Bonchev–Trinajstić information content (AvgIpc) is 2.70. The Hall–Kier alpha value is -1.20. The summed E-state index contributed by atoms with van der Waals surface area (Å²) in [6, 6.07) is 6.00. The molecule has 0 bridgehead atoms. The van der Waals surface area contributed by atoms with Gasteiger partial charge >= 0.3 is 6.61 Å². The molecule has 172 valence electrons. The first kappa shape index (κ1) is 26.8. The van der Waals surface area contributed by atoms with E-state index in [1.165, 1.54) is 44.5 Å². The molecule has 0 amide bonds. The molecule has 1 aromatic carbocycles. The zero-order valence-corrected chi connectivity index (χ0v) is 20.1. The molecular formula is C21H35F2IN4O2. The van der Waals surface area contributed by atoms with E-state index in [9.17, 15) is 13.9 Å². The molecule has 1 fully saturated rings. The molecule has 0 aromatic heterocycles. The van der Waals surface area contributed by atoms with Crippen molar-refractivity contribution < 1.29 is 18.6 Å². The number of likely N-dealkylation sites (tertiary alicyclic amines) is 1. The lowest BCUT2D eigenvalue weighted by molar-refractivity contribution is -0.0498. The van der Waals surface area contributed by atoms with Crippen LogP contribution in [-0.4, -0.2) is 61.8 Å². The van der Waals surface area contributed by atoms with Crippen LogP contribution in [0.2, 0.25) is 0 Å². The van der Waals surface area contributed by atoms with Crippen molar-refractivity contribution in [3.8, 4) is 5.75 Å². The average molecular weight is 540 g/mol. The van der Waals surface area contributed by atoms with Gasteiger partial charge in [0.1, 0.15) is 5.75 Å². The number of hydrogen-bond donors (Lipinski definition) is 3. The first-order valence-electron chi connectivity index (χ1n) is 10.4. The Morgan fingerprint density at radius 1 is 1.17 bits per heavy atom. The minimum Gasteiger partial charge on any atom is -0.435 e. The second-order valence-corrected chi connectivity index (χ2v) is 7.53. The fraction of sp³-hybridized carbons (Fsp3) is 0.667. The molecular weight excluding hydrogens is 505 g/mol. The van der Waals surface area contributed by atoms with E-state index in [-0.39, 0.29) is 36.3 Å². The van der Waals surface area contributed by atoms with Crippen molar-refractivity contribution in [2.75, 3.05) is 39.3 Å². The Kier molecular flexibility index (Phi) is 13.2. The Balaban J connectivity index is 0.00000450. The zero-order valence-electron chi connectivity index (χ0n) is 17.8. The zero-order chi connectivity index (χ0) is 21.1. The van der Waals surface area contributed by atoms with Gasteiger partial charge in [-0.2, -0.15) is 8.78 Å². The van der Waals surface area contributed by atoms with Crippen LogP contribution in [0.15, 0.2) is 29.3 Å². The number of alkyl halides is 2. The summed E-state index contributed by atoms with van der Waals surface area (Å²) in [4.78, 5) is 7.15. The first-order chi connectivity index (χ1) is 14.0. The molecule has 1 aliphatic rings. The predicted molar refractivity (Wildman–Crippen MR) is 127 cm³/mol. The fourth-order valence-electron chi connectivity index (χ4n) is 3.41. The highest BCUT2D eigenvalue weighted by Crippen LogP contribution is 2.19. The van der Waals surface area contributed by atoms with Crippen LogP contribution in [0.3, 0.4) is 0 Å². The summed E-state index contributed by atoms with van der Waals surface area (Å²) >= 11 is 0. The highest BCUT2D eigenvalue weighted by Gasteiger charge is 2.14. The van der Waals surface area contributed by atoms with Crippen LogP contribution in [0.1, 0.15) is 44.8 Å². The maximum atomic E-state index is 12.2. The van der Waals surface area contributed by atoms with E-state index in [1.807, 2.05) is 6.92 Å². The SMILES string of the molecule is CCNC(=NCC(C)CN1CCCCC1)NCC(O)c1ccc(OC(F)F)cc1.I. The summed E-state index contributed by atoms with van der Waals surface area (Å²) in [5.74, 6) is 1.19. The number of aliphatic hydroxyl groups is 1. The number of aliphatic hydroxyl groups excluding tert-OH is 1. The highest BCUT2D eigenvalue weighted by atomic mass is 127. The number of rotatable bonds is 10. The maximum absolute atomic E-state index is 12.2. The molecule has 2 unspecified atom stereocenters. The van der Waals surface area contributed by atoms with Crippen LogP contribution >= 0.6 is 24.0 Å². The molecule has 1 aromatic rings. The third-order valence-corrected chi connectivity index (χ3v) is 4.88. The Labute approximate surface area is 195 Å². The largest absolute Gasteiger partial charge is 0.435 e. The summed E-state index contributed by atoms with van der Waals surface area (Å²) in [7, 11) is 0. The Morgan fingerprint density at radius 2 is 1.83 bits per heavy atom. The normalized spacial score (nSPS) is 17.2. The van der Waals surface area contributed by atoms with Crippen LogP contribution < -0.4 is 15.4 Å². The number of hydrogen-bond acceptors (Lipinski definition) is 4. The number of benzene rings is 1. The summed E-state index contributed by atoms with van der Waals surface area (Å²) in [6.07, 6.45) is 3.12. The Morgan fingerprint density at radius 3 is 2.43 bits per heavy atom. The number of nitrogens with zero attached hydrogens (tertiary/aromatic N) is 2. The molecule has 2 rings (SSSR count). The number of halogens is 3. The molecule has 2 atom stereocenters. The third-order valence-electron chi connectivity index (χ3n) is 4.88. The molecule has 0 spiro atoms. The van der Waals surface area contributed by atoms with Gasteiger partial charge in [-0.3, -0.25) is 4.99 Å². The number of nitrogens with one attached hydrogen (secondary N) is 2. The quantitative estimate of drug-likeness (QED) is 0.241. The smallest absolute Gasteiger partial charge is 0.387 e. The molecule has 9 heteroatoms. The van der Waals surface area contributed by atoms with Crippen LogP contribution in [-0.2, 0) is 0 Å². The second kappa shape index (κ2) is 14.7. The molecule has 0 radical (unpaired) electrons. The van der Waals surface area contributed by atoms with E-state index >= 15 is 0 Å². The van der Waals surface area contributed by atoms with E-state index < -0.39 is 12.7 Å². The van der Waals surface area contributed by atoms with Gasteiger partial charge in [0.2, 0.25) is 0 Å². The van der Waals surface area contributed by atoms with Crippen molar-refractivity contribution in [1.82, 2.24) is 15.5 Å². The van der Waals surface area contributed by atoms with Crippen LogP contribution in [0.4, 0.5) is 8.78 Å². The number of ether oxygens (including phenoxy) is 1. The van der Waals surface area contributed by atoms with Gasteiger partial charge in [-0.25, -0.2) is 0 Å². The summed E-state index contributed by atoms with van der Waals surface area (Å²) in [5.41, 5.74) is 0.619. The number of piperidine rings is 1. The van der Waals surface area contributed by atoms with Crippen molar-refractivity contribution in [3.63, 3.8) is 0 Å². The number of guanidine groups is 1. The summed E-state index contributed by atoms with van der Waals surface area (Å²) in [6.45, 7) is 6.46. The molecule has 1 heterocycles. The topological polar surface area (TPSA) is 69.1 Å². The monoisotopic (exact) mass is 540 g/mol. The predicted octanol–water partition coefficient (Wildman–Crippen LogP) is 3.62. The maximum Gasteiger partial charge on any atom is 0.387 e. The lowest BCUT2D eigenvalue weighted by atomic mass is 10.1. The number of aliphatic imine (C=N–C) groups is 1. The van der Waals surface area contributed by atoms with Gasteiger partial charge in [0, 0.05) is 26.2 Å². The van der Waals surface area contributed by atoms with Gasteiger partial charge in [-0.1, -0.05) is 25.5 Å². The van der Waals surface area contributed by atoms with Gasteiger partial charge < -0.3 is 25.4 Å². The van der Waals surface area contributed by atoms with E-state index in [0.717, 1.165) is 13.1 Å². The van der Waals surface area contributed by atoms with Gasteiger partial charge in [0.05, 0.1) is 6.10 Å². The van der Waals surface area contributed by atoms with E-state index in [1.54, 1.807) is 12.1 Å². The van der Waals surface area contributed by atoms with Crippen molar-refractivity contribution in [1.29, 1.82) is 0 Å². The van der Waals surface area contributed by atoms with Crippen LogP contribution in [0.25, 0.3) is 0 Å². The van der Waals surface area contributed by atoms with Crippen molar-refractivity contribution in [2.24, 2.45) is 10.9 Å². The third kappa shape index (κ3) is 10.2. The van der Waals surface area contributed by atoms with Crippen molar-refractivity contribution in [2.45, 2.75) is 45.8 Å². The molecule has 1 aliphatic heterocycles. The van der Waals surface area contributed by atoms with Gasteiger partial charge in [0.25, 0.3) is 0 Å². The lowest BCUT2D eigenvalue weighted by Crippen LogP contribution is -2.40.